The van der Waals surface area contributed by atoms with E-state index in [4.69, 9.17) is 0 Å². The molecule has 0 heterocycles. The molecule has 1 aromatic carbocycles. The van der Waals surface area contributed by atoms with Gasteiger partial charge in [0, 0.05) is 6.54 Å². The van der Waals surface area contributed by atoms with E-state index in [1.807, 2.05) is 7.05 Å². The molecule has 1 N–H and O–H groups in total. The van der Waals surface area contributed by atoms with Crippen molar-refractivity contribution in [2.24, 2.45) is 5.41 Å². The highest BCUT2D eigenvalue weighted by Crippen LogP contribution is 2.43. The summed E-state index contributed by atoms with van der Waals surface area (Å²) < 4.78 is 26.6. The molecule has 0 amide bonds. The third-order valence-electron chi connectivity index (χ3n) is 3.54. The third-order valence-corrected chi connectivity index (χ3v) is 3.54. The van der Waals surface area contributed by atoms with Crippen molar-refractivity contribution in [1.82, 2.24) is 5.32 Å². The summed E-state index contributed by atoms with van der Waals surface area (Å²) in [4.78, 5) is 0. The molecule has 2 rings (SSSR count). The van der Waals surface area contributed by atoms with Gasteiger partial charge >= 0.3 is 0 Å². The summed E-state index contributed by atoms with van der Waals surface area (Å²) in [6.07, 6.45) is 4.03. The first-order valence-electron chi connectivity index (χ1n) is 5.74. The molecule has 0 unspecified atom stereocenters. The first-order valence-corrected chi connectivity index (χ1v) is 5.74. The Morgan fingerprint density at radius 2 is 2.06 bits per heavy atom. The standard InChI is InChI=1S/C13H17F2N/c1-16-9-13(5-2-6-13)8-10-7-11(14)3-4-12(10)15/h3-4,7,16H,2,5-6,8-9H2,1H3. The fourth-order valence-corrected chi connectivity index (χ4v) is 2.55. The van der Waals surface area contributed by atoms with Crippen molar-refractivity contribution in [1.29, 1.82) is 0 Å². The van der Waals surface area contributed by atoms with E-state index >= 15 is 0 Å². The average Bonchev–Trinajstić information content (AvgIpc) is 2.20. The monoisotopic (exact) mass is 225 g/mol. The van der Waals surface area contributed by atoms with Crippen LogP contribution in [0.25, 0.3) is 0 Å². The van der Waals surface area contributed by atoms with E-state index in [0.717, 1.165) is 19.4 Å². The summed E-state index contributed by atoms with van der Waals surface area (Å²) in [7, 11) is 1.90. The Bertz CT molecular complexity index is 372. The van der Waals surface area contributed by atoms with E-state index in [0.29, 0.717) is 12.0 Å². The first-order chi connectivity index (χ1) is 7.65. The number of benzene rings is 1. The molecule has 3 heteroatoms. The first kappa shape index (κ1) is 11.5. The van der Waals surface area contributed by atoms with E-state index < -0.39 is 0 Å². The van der Waals surface area contributed by atoms with Gasteiger partial charge in [0.25, 0.3) is 0 Å². The maximum Gasteiger partial charge on any atom is 0.126 e. The van der Waals surface area contributed by atoms with Gasteiger partial charge in [0.15, 0.2) is 0 Å². The third kappa shape index (κ3) is 2.24. The Morgan fingerprint density at radius 1 is 1.31 bits per heavy atom. The van der Waals surface area contributed by atoms with E-state index in [1.54, 1.807) is 0 Å². The topological polar surface area (TPSA) is 12.0 Å². The molecule has 0 aromatic heterocycles. The number of nitrogens with one attached hydrogen (secondary N) is 1. The Hall–Kier alpha value is -0.960. The van der Waals surface area contributed by atoms with Gasteiger partial charge in [0.2, 0.25) is 0 Å². The van der Waals surface area contributed by atoms with Gasteiger partial charge in [0.05, 0.1) is 0 Å². The van der Waals surface area contributed by atoms with Crippen molar-refractivity contribution in [3.8, 4) is 0 Å². The zero-order valence-corrected chi connectivity index (χ0v) is 9.52. The Kier molecular flexibility index (Phi) is 3.24. The molecule has 1 aliphatic rings. The minimum absolute atomic E-state index is 0.142. The number of hydrogen-bond acceptors (Lipinski definition) is 1. The molecule has 0 radical (unpaired) electrons. The highest BCUT2D eigenvalue weighted by molar-refractivity contribution is 5.21. The van der Waals surface area contributed by atoms with Gasteiger partial charge in [-0.2, -0.15) is 0 Å². The fourth-order valence-electron chi connectivity index (χ4n) is 2.55. The summed E-state index contributed by atoms with van der Waals surface area (Å²) >= 11 is 0. The van der Waals surface area contributed by atoms with Crippen molar-refractivity contribution in [3.63, 3.8) is 0 Å². The number of halogens is 2. The summed E-state index contributed by atoms with van der Waals surface area (Å²) in [5.41, 5.74) is 0.651. The van der Waals surface area contributed by atoms with Gasteiger partial charge < -0.3 is 5.32 Å². The lowest BCUT2D eigenvalue weighted by molar-refractivity contribution is 0.132. The van der Waals surface area contributed by atoms with Gasteiger partial charge in [-0.3, -0.25) is 0 Å². The van der Waals surface area contributed by atoms with Crippen LogP contribution >= 0.6 is 0 Å². The molecule has 0 bridgehead atoms. The van der Waals surface area contributed by atoms with Crippen molar-refractivity contribution in [3.05, 3.63) is 35.4 Å². The zero-order chi connectivity index (χ0) is 11.6. The SMILES string of the molecule is CNCC1(Cc2cc(F)ccc2F)CCC1. The van der Waals surface area contributed by atoms with E-state index in [1.165, 1.54) is 24.6 Å². The normalized spacial score (nSPS) is 18.2. The smallest absolute Gasteiger partial charge is 0.126 e. The molecule has 88 valence electrons. The van der Waals surface area contributed by atoms with E-state index in [-0.39, 0.29) is 17.0 Å². The lowest BCUT2D eigenvalue weighted by Crippen LogP contribution is -2.40. The van der Waals surface area contributed by atoms with Gasteiger partial charge in [-0.05, 0) is 55.5 Å². The molecular formula is C13H17F2N. The van der Waals surface area contributed by atoms with Crippen LogP contribution in [0.5, 0.6) is 0 Å². The summed E-state index contributed by atoms with van der Waals surface area (Å²) in [5, 5.41) is 3.15. The second-order valence-electron chi connectivity index (χ2n) is 4.80. The minimum Gasteiger partial charge on any atom is -0.319 e. The largest absolute Gasteiger partial charge is 0.319 e. The lowest BCUT2D eigenvalue weighted by atomic mass is 9.65. The Morgan fingerprint density at radius 3 is 2.62 bits per heavy atom. The van der Waals surface area contributed by atoms with Crippen LogP contribution < -0.4 is 5.32 Å². The minimum atomic E-state index is -0.352. The molecule has 0 spiro atoms. The molecule has 1 nitrogen and oxygen atoms in total. The molecule has 16 heavy (non-hydrogen) atoms. The molecule has 1 fully saturated rings. The maximum atomic E-state index is 13.5. The van der Waals surface area contributed by atoms with Gasteiger partial charge in [0.1, 0.15) is 11.6 Å². The molecule has 1 aliphatic carbocycles. The van der Waals surface area contributed by atoms with E-state index in [2.05, 4.69) is 5.32 Å². The molecule has 0 saturated heterocycles. The average molecular weight is 225 g/mol. The summed E-state index contributed by atoms with van der Waals surface area (Å²) in [6, 6.07) is 3.71. The highest BCUT2D eigenvalue weighted by Gasteiger charge is 2.36. The molecule has 0 atom stereocenters. The lowest BCUT2D eigenvalue weighted by Gasteiger charge is -2.42. The van der Waals surface area contributed by atoms with E-state index in [9.17, 15) is 8.78 Å². The van der Waals surface area contributed by atoms with Gasteiger partial charge in [-0.25, -0.2) is 8.78 Å². The molecule has 1 saturated carbocycles. The molecular weight excluding hydrogens is 208 g/mol. The van der Waals surface area contributed by atoms with Crippen molar-refractivity contribution in [2.75, 3.05) is 13.6 Å². The molecule has 1 aromatic rings. The van der Waals surface area contributed by atoms with Crippen LogP contribution in [-0.4, -0.2) is 13.6 Å². The van der Waals surface area contributed by atoms with Crippen LogP contribution in [-0.2, 0) is 6.42 Å². The van der Waals surface area contributed by atoms with Crippen LogP contribution in [0.4, 0.5) is 8.78 Å². The van der Waals surface area contributed by atoms with Crippen molar-refractivity contribution >= 4 is 0 Å². The summed E-state index contributed by atoms with van der Waals surface area (Å²) in [6.45, 7) is 0.878. The van der Waals surface area contributed by atoms with Crippen LogP contribution in [0.3, 0.4) is 0 Å². The molecule has 0 aliphatic heterocycles. The van der Waals surface area contributed by atoms with Gasteiger partial charge in [-0.1, -0.05) is 6.42 Å². The van der Waals surface area contributed by atoms with Crippen LogP contribution in [0.2, 0.25) is 0 Å². The number of rotatable bonds is 4. The van der Waals surface area contributed by atoms with Crippen molar-refractivity contribution < 1.29 is 8.78 Å². The van der Waals surface area contributed by atoms with Crippen LogP contribution in [0.1, 0.15) is 24.8 Å². The highest BCUT2D eigenvalue weighted by atomic mass is 19.1. The second-order valence-corrected chi connectivity index (χ2v) is 4.80. The maximum absolute atomic E-state index is 13.5. The summed E-state index contributed by atoms with van der Waals surface area (Å²) in [5.74, 6) is -0.640. The zero-order valence-electron chi connectivity index (χ0n) is 9.52. The Labute approximate surface area is 94.9 Å². The quantitative estimate of drug-likeness (QED) is 0.830. The number of hydrogen-bond donors (Lipinski definition) is 1. The predicted octanol–water partition coefficient (Wildman–Crippen LogP) is 2.90. The van der Waals surface area contributed by atoms with Crippen LogP contribution in [0.15, 0.2) is 18.2 Å². The Balaban J connectivity index is 2.15. The van der Waals surface area contributed by atoms with Crippen LogP contribution in [0, 0.1) is 17.0 Å². The fraction of sp³-hybridized carbons (Fsp3) is 0.538. The predicted molar refractivity (Wildman–Crippen MR) is 60.3 cm³/mol. The van der Waals surface area contributed by atoms with Crippen molar-refractivity contribution in [2.45, 2.75) is 25.7 Å². The van der Waals surface area contributed by atoms with Gasteiger partial charge in [-0.15, -0.1) is 0 Å². The second kappa shape index (κ2) is 4.50.